The highest BCUT2D eigenvalue weighted by molar-refractivity contribution is 7.99. The Kier molecular flexibility index (Phi) is 5.57. The fourth-order valence-corrected chi connectivity index (χ4v) is 4.48. The molecular weight excluding hydrogens is 388 g/mol. The van der Waals surface area contributed by atoms with E-state index >= 15 is 0 Å². The average Bonchev–Trinajstić information content (AvgIpc) is 3.07. The van der Waals surface area contributed by atoms with Gasteiger partial charge in [-0.15, -0.1) is 10.2 Å². The first kappa shape index (κ1) is 19.1. The lowest BCUT2D eigenvalue weighted by Gasteiger charge is -2.14. The molecule has 1 N–H and O–H groups in total. The third-order valence-electron chi connectivity index (χ3n) is 3.66. The van der Waals surface area contributed by atoms with Crippen molar-refractivity contribution in [3.8, 4) is 11.5 Å². The predicted octanol–water partition coefficient (Wildman–Crippen LogP) is 2.78. The summed E-state index contributed by atoms with van der Waals surface area (Å²) in [6.07, 6.45) is 1.58. The standard InChI is InChI=1S/C17H18N4O4S2/c1-21-11-18-19-17(21)26-15-7-5-4-6-13(15)20-27(22,23)16-10-12(24-2)8-9-14(16)25-3/h4-11,20H,1-3H3. The Balaban J connectivity index is 1.97. The van der Waals surface area contributed by atoms with Crippen molar-refractivity contribution in [2.75, 3.05) is 18.9 Å². The van der Waals surface area contributed by atoms with Crippen molar-refractivity contribution in [3.05, 3.63) is 48.8 Å². The van der Waals surface area contributed by atoms with Crippen LogP contribution in [0.1, 0.15) is 0 Å². The Morgan fingerprint density at radius 1 is 1.11 bits per heavy atom. The highest BCUT2D eigenvalue weighted by Crippen LogP contribution is 2.35. The summed E-state index contributed by atoms with van der Waals surface area (Å²) in [6.45, 7) is 0. The van der Waals surface area contributed by atoms with Crippen molar-refractivity contribution in [2.24, 2.45) is 7.05 Å². The monoisotopic (exact) mass is 406 g/mol. The molecule has 0 spiro atoms. The van der Waals surface area contributed by atoms with Crippen LogP contribution in [0.15, 0.2) is 63.7 Å². The van der Waals surface area contributed by atoms with Gasteiger partial charge < -0.3 is 14.0 Å². The van der Waals surface area contributed by atoms with Gasteiger partial charge in [0.25, 0.3) is 10.0 Å². The molecule has 3 rings (SSSR count). The fraction of sp³-hybridized carbons (Fsp3) is 0.176. The van der Waals surface area contributed by atoms with Gasteiger partial charge in [0.05, 0.1) is 19.9 Å². The average molecular weight is 406 g/mol. The summed E-state index contributed by atoms with van der Waals surface area (Å²) in [5, 5.41) is 8.49. The third-order valence-corrected chi connectivity index (χ3v) is 6.18. The molecule has 0 amide bonds. The molecule has 0 saturated heterocycles. The van der Waals surface area contributed by atoms with Crippen molar-refractivity contribution in [1.29, 1.82) is 0 Å². The zero-order chi connectivity index (χ0) is 19.4. The first-order chi connectivity index (χ1) is 12.9. The number of hydrogen-bond acceptors (Lipinski definition) is 7. The molecule has 1 heterocycles. The lowest BCUT2D eigenvalue weighted by atomic mass is 10.3. The van der Waals surface area contributed by atoms with E-state index in [1.165, 1.54) is 32.0 Å². The maximum Gasteiger partial charge on any atom is 0.265 e. The first-order valence-corrected chi connectivity index (χ1v) is 10.1. The summed E-state index contributed by atoms with van der Waals surface area (Å²) < 4.78 is 40.7. The van der Waals surface area contributed by atoms with E-state index in [-0.39, 0.29) is 10.6 Å². The van der Waals surface area contributed by atoms with Gasteiger partial charge in [0, 0.05) is 18.0 Å². The molecule has 0 unspecified atom stereocenters. The molecule has 0 saturated carbocycles. The minimum atomic E-state index is -3.91. The number of benzene rings is 2. The molecule has 0 radical (unpaired) electrons. The fourth-order valence-electron chi connectivity index (χ4n) is 2.30. The van der Waals surface area contributed by atoms with Crippen molar-refractivity contribution in [1.82, 2.24) is 14.8 Å². The van der Waals surface area contributed by atoms with Gasteiger partial charge in [-0.05, 0) is 36.0 Å². The molecule has 8 nitrogen and oxygen atoms in total. The zero-order valence-corrected chi connectivity index (χ0v) is 16.5. The van der Waals surface area contributed by atoms with E-state index in [1.54, 1.807) is 41.2 Å². The second-order valence-electron chi connectivity index (χ2n) is 5.44. The summed E-state index contributed by atoms with van der Waals surface area (Å²) in [5.41, 5.74) is 0.426. The first-order valence-electron chi connectivity index (χ1n) is 7.80. The Bertz CT molecular complexity index is 1050. The largest absolute Gasteiger partial charge is 0.497 e. The smallest absolute Gasteiger partial charge is 0.265 e. The van der Waals surface area contributed by atoms with Crippen LogP contribution in [0.5, 0.6) is 11.5 Å². The molecule has 0 aliphatic heterocycles. The van der Waals surface area contributed by atoms with Crippen LogP contribution in [0.3, 0.4) is 0 Å². The van der Waals surface area contributed by atoms with Crippen LogP contribution in [0.2, 0.25) is 0 Å². The lowest BCUT2D eigenvalue weighted by molar-refractivity contribution is 0.392. The number of sulfonamides is 1. The topological polar surface area (TPSA) is 95.3 Å². The van der Waals surface area contributed by atoms with Gasteiger partial charge >= 0.3 is 0 Å². The van der Waals surface area contributed by atoms with Crippen LogP contribution in [0.25, 0.3) is 0 Å². The second kappa shape index (κ2) is 7.89. The van der Waals surface area contributed by atoms with Crippen LogP contribution in [-0.4, -0.2) is 37.4 Å². The summed E-state index contributed by atoms with van der Waals surface area (Å²) in [7, 11) is 0.790. The van der Waals surface area contributed by atoms with E-state index in [2.05, 4.69) is 14.9 Å². The van der Waals surface area contributed by atoms with E-state index in [4.69, 9.17) is 9.47 Å². The van der Waals surface area contributed by atoms with Crippen LogP contribution >= 0.6 is 11.8 Å². The van der Waals surface area contributed by atoms with E-state index < -0.39 is 10.0 Å². The summed E-state index contributed by atoms with van der Waals surface area (Å²) in [6, 6.07) is 11.7. The van der Waals surface area contributed by atoms with Crippen LogP contribution in [0, 0.1) is 0 Å². The summed E-state index contributed by atoms with van der Waals surface area (Å²) >= 11 is 1.31. The predicted molar refractivity (Wildman–Crippen MR) is 102 cm³/mol. The van der Waals surface area contributed by atoms with Gasteiger partial charge in [-0.2, -0.15) is 0 Å². The van der Waals surface area contributed by atoms with E-state index in [1.807, 2.05) is 13.1 Å². The van der Waals surface area contributed by atoms with Gasteiger partial charge in [-0.1, -0.05) is 12.1 Å². The second-order valence-corrected chi connectivity index (χ2v) is 8.10. The lowest BCUT2D eigenvalue weighted by Crippen LogP contribution is -2.15. The number of rotatable bonds is 7. The Hall–Kier alpha value is -2.72. The number of nitrogens with zero attached hydrogens (tertiary/aromatic N) is 3. The molecule has 1 aromatic heterocycles. The zero-order valence-electron chi connectivity index (χ0n) is 14.9. The van der Waals surface area contributed by atoms with Gasteiger partial charge in [-0.3, -0.25) is 4.72 Å². The van der Waals surface area contributed by atoms with Crippen molar-refractivity contribution in [2.45, 2.75) is 14.9 Å². The van der Waals surface area contributed by atoms with Gasteiger partial charge in [-0.25, -0.2) is 8.42 Å². The maximum absolute atomic E-state index is 13.0. The summed E-state index contributed by atoms with van der Waals surface area (Å²) in [5.74, 6) is 0.639. The number of hydrogen-bond donors (Lipinski definition) is 1. The van der Waals surface area contributed by atoms with Crippen LogP contribution in [0.4, 0.5) is 5.69 Å². The maximum atomic E-state index is 13.0. The molecule has 0 fully saturated rings. The van der Waals surface area contributed by atoms with Gasteiger partial charge in [0.15, 0.2) is 5.16 Å². The highest BCUT2D eigenvalue weighted by atomic mass is 32.2. The minimum Gasteiger partial charge on any atom is -0.497 e. The van der Waals surface area contributed by atoms with Crippen molar-refractivity contribution < 1.29 is 17.9 Å². The number of aryl methyl sites for hydroxylation is 1. The normalized spacial score (nSPS) is 11.2. The number of aromatic nitrogens is 3. The number of para-hydroxylation sites is 1. The number of ether oxygens (including phenoxy) is 2. The molecule has 0 aliphatic carbocycles. The quantitative estimate of drug-likeness (QED) is 0.644. The summed E-state index contributed by atoms with van der Waals surface area (Å²) in [4.78, 5) is 0.682. The molecule has 3 aromatic rings. The Labute approximate surface area is 161 Å². The van der Waals surface area contributed by atoms with Gasteiger partial charge in [0.2, 0.25) is 0 Å². The molecule has 0 atom stereocenters. The van der Waals surface area contributed by atoms with E-state index in [0.29, 0.717) is 21.5 Å². The molecule has 142 valence electrons. The number of methoxy groups -OCH3 is 2. The minimum absolute atomic E-state index is 0.0113. The van der Waals surface area contributed by atoms with E-state index in [9.17, 15) is 8.42 Å². The van der Waals surface area contributed by atoms with Crippen molar-refractivity contribution in [3.63, 3.8) is 0 Å². The van der Waals surface area contributed by atoms with Crippen LogP contribution in [-0.2, 0) is 17.1 Å². The third kappa shape index (κ3) is 4.17. The molecule has 0 aliphatic rings. The molecule has 10 heteroatoms. The molecule has 27 heavy (non-hydrogen) atoms. The number of anilines is 1. The van der Waals surface area contributed by atoms with Gasteiger partial charge in [0.1, 0.15) is 22.7 Å². The Morgan fingerprint density at radius 3 is 2.56 bits per heavy atom. The Morgan fingerprint density at radius 2 is 1.89 bits per heavy atom. The highest BCUT2D eigenvalue weighted by Gasteiger charge is 2.22. The van der Waals surface area contributed by atoms with Crippen LogP contribution < -0.4 is 14.2 Å². The molecule has 0 bridgehead atoms. The van der Waals surface area contributed by atoms with Crippen molar-refractivity contribution >= 4 is 27.5 Å². The van der Waals surface area contributed by atoms with E-state index in [0.717, 1.165) is 0 Å². The molecular formula is C17H18N4O4S2. The number of nitrogens with one attached hydrogen (secondary N) is 1. The SMILES string of the molecule is COc1ccc(OC)c(S(=O)(=O)Nc2ccccc2Sc2nncn2C)c1. The molecule has 2 aromatic carbocycles.